The van der Waals surface area contributed by atoms with Gasteiger partial charge in [0.2, 0.25) is 0 Å². The van der Waals surface area contributed by atoms with E-state index in [0.717, 1.165) is 12.1 Å². The summed E-state index contributed by atoms with van der Waals surface area (Å²) in [6, 6.07) is 2.13. The van der Waals surface area contributed by atoms with E-state index in [1.807, 2.05) is 0 Å². The number of nitrogens with zero attached hydrogens (tertiary/aromatic N) is 2. The monoisotopic (exact) mass is 367 g/mol. The van der Waals surface area contributed by atoms with Crippen molar-refractivity contribution in [1.82, 2.24) is 9.78 Å². The van der Waals surface area contributed by atoms with Crippen molar-refractivity contribution in [2.75, 3.05) is 4.72 Å². The third kappa shape index (κ3) is 3.45. The topological polar surface area (TPSA) is 64.0 Å². The lowest BCUT2D eigenvalue weighted by Crippen LogP contribution is -2.16. The van der Waals surface area contributed by atoms with Crippen LogP contribution in [0.15, 0.2) is 23.1 Å². The minimum Gasteiger partial charge on any atom is -0.276 e. The van der Waals surface area contributed by atoms with Crippen LogP contribution in [0.25, 0.3) is 0 Å². The van der Waals surface area contributed by atoms with Crippen LogP contribution in [0.2, 0.25) is 5.02 Å². The van der Waals surface area contributed by atoms with Crippen LogP contribution in [0.3, 0.4) is 0 Å². The first-order valence-electron chi connectivity index (χ1n) is 6.33. The maximum atomic E-state index is 12.8. The van der Waals surface area contributed by atoms with Gasteiger partial charge in [-0.1, -0.05) is 11.6 Å². The van der Waals surface area contributed by atoms with Crippen LogP contribution in [-0.4, -0.2) is 18.2 Å². The third-order valence-corrected chi connectivity index (χ3v) is 5.12. The molecule has 0 aliphatic heterocycles. The first-order chi connectivity index (χ1) is 10.4. The van der Waals surface area contributed by atoms with Crippen molar-refractivity contribution in [2.45, 2.75) is 24.9 Å². The zero-order valence-electron chi connectivity index (χ0n) is 12.4. The number of hydrogen-bond acceptors (Lipinski definition) is 3. The molecule has 23 heavy (non-hydrogen) atoms. The maximum Gasteiger partial charge on any atom is 0.416 e. The Kier molecular flexibility index (Phi) is 4.38. The highest BCUT2D eigenvalue weighted by Gasteiger charge is 2.33. The van der Waals surface area contributed by atoms with Gasteiger partial charge >= 0.3 is 6.18 Å². The Morgan fingerprint density at radius 3 is 2.35 bits per heavy atom. The summed E-state index contributed by atoms with van der Waals surface area (Å²) in [5.74, 6) is 0. The summed E-state index contributed by atoms with van der Waals surface area (Å²) in [7, 11) is -2.67. The van der Waals surface area contributed by atoms with Crippen LogP contribution in [0.5, 0.6) is 0 Å². The van der Waals surface area contributed by atoms with E-state index in [9.17, 15) is 21.6 Å². The highest BCUT2D eigenvalue weighted by atomic mass is 35.5. The van der Waals surface area contributed by atoms with E-state index in [4.69, 9.17) is 11.6 Å². The van der Waals surface area contributed by atoms with Gasteiger partial charge in [0.1, 0.15) is 4.90 Å². The molecule has 0 unspecified atom stereocenters. The molecule has 0 spiro atoms. The molecule has 0 bridgehead atoms. The van der Waals surface area contributed by atoms with Crippen molar-refractivity contribution in [1.29, 1.82) is 0 Å². The highest BCUT2D eigenvalue weighted by Crippen LogP contribution is 2.34. The quantitative estimate of drug-likeness (QED) is 0.902. The van der Waals surface area contributed by atoms with Crippen molar-refractivity contribution < 1.29 is 21.6 Å². The van der Waals surface area contributed by atoms with E-state index >= 15 is 0 Å². The number of sulfonamides is 1. The Balaban J connectivity index is 2.52. The molecule has 0 atom stereocenters. The Bertz CT molecular complexity index is 860. The lowest BCUT2D eigenvalue weighted by atomic mass is 10.2. The average molecular weight is 368 g/mol. The van der Waals surface area contributed by atoms with E-state index < -0.39 is 26.7 Å². The molecule has 2 rings (SSSR count). The second-order valence-corrected chi connectivity index (χ2v) is 6.98. The Hall–Kier alpha value is -1.74. The van der Waals surface area contributed by atoms with Crippen LogP contribution in [-0.2, 0) is 23.2 Å². The fourth-order valence-corrected chi connectivity index (χ4v) is 3.70. The molecular formula is C13H13ClF3N3O2S. The largest absolute Gasteiger partial charge is 0.416 e. The SMILES string of the molecule is Cc1nn(C)c(C)c1NS(=O)(=O)c1cc(C(F)(F)F)ccc1Cl. The van der Waals surface area contributed by atoms with E-state index in [-0.39, 0.29) is 10.7 Å². The molecule has 1 heterocycles. The molecule has 10 heteroatoms. The molecule has 0 aliphatic carbocycles. The number of hydrogen-bond donors (Lipinski definition) is 1. The predicted molar refractivity (Wildman–Crippen MR) is 79.9 cm³/mol. The fraction of sp³-hybridized carbons (Fsp3) is 0.308. The van der Waals surface area contributed by atoms with E-state index in [1.54, 1.807) is 20.9 Å². The molecule has 1 aromatic carbocycles. The predicted octanol–water partition coefficient (Wildman–Crippen LogP) is 3.51. The van der Waals surface area contributed by atoms with Crippen molar-refractivity contribution in [3.8, 4) is 0 Å². The van der Waals surface area contributed by atoms with E-state index in [0.29, 0.717) is 17.5 Å². The van der Waals surface area contributed by atoms with Gasteiger partial charge in [0.05, 0.1) is 27.7 Å². The number of halogens is 4. The second-order valence-electron chi connectivity index (χ2n) is 4.92. The molecule has 0 amide bonds. The standard InChI is InChI=1S/C13H13ClF3N3O2S/c1-7-12(8(2)20(3)18-7)19-23(21,22)11-6-9(13(15,16)17)4-5-10(11)14/h4-6,19H,1-3H3. The summed E-state index contributed by atoms with van der Waals surface area (Å²) >= 11 is 5.77. The van der Waals surface area contributed by atoms with Crippen LogP contribution in [0.1, 0.15) is 17.0 Å². The average Bonchev–Trinajstić information content (AvgIpc) is 2.64. The number of anilines is 1. The third-order valence-electron chi connectivity index (χ3n) is 3.29. The Morgan fingerprint density at radius 2 is 1.87 bits per heavy atom. The van der Waals surface area contributed by atoms with Crippen LogP contribution in [0.4, 0.5) is 18.9 Å². The molecule has 0 radical (unpaired) electrons. The molecule has 5 nitrogen and oxygen atoms in total. The second kappa shape index (κ2) is 5.72. The van der Waals surface area contributed by atoms with Gasteiger partial charge in [-0.3, -0.25) is 9.40 Å². The van der Waals surface area contributed by atoms with Crippen LogP contribution < -0.4 is 4.72 Å². The number of aromatic nitrogens is 2. The number of aryl methyl sites for hydroxylation is 2. The fourth-order valence-electron chi connectivity index (χ4n) is 2.00. The van der Waals surface area contributed by atoms with Gasteiger partial charge in [-0.25, -0.2) is 8.42 Å². The minimum atomic E-state index is -4.67. The van der Waals surface area contributed by atoms with Crippen molar-refractivity contribution in [3.05, 3.63) is 40.2 Å². The van der Waals surface area contributed by atoms with E-state index in [1.165, 1.54) is 4.68 Å². The number of benzene rings is 1. The molecule has 1 aromatic heterocycles. The van der Waals surface area contributed by atoms with Gasteiger partial charge in [0, 0.05) is 7.05 Å². The normalized spacial score (nSPS) is 12.5. The van der Waals surface area contributed by atoms with Crippen LogP contribution >= 0.6 is 11.6 Å². The maximum absolute atomic E-state index is 12.8. The summed E-state index contributed by atoms with van der Waals surface area (Å²) in [6.45, 7) is 3.21. The van der Waals surface area contributed by atoms with Crippen molar-refractivity contribution in [2.24, 2.45) is 7.05 Å². The zero-order chi connectivity index (χ0) is 17.6. The molecule has 1 N–H and O–H groups in total. The molecule has 0 saturated carbocycles. The lowest BCUT2D eigenvalue weighted by Gasteiger charge is -2.13. The Morgan fingerprint density at radius 1 is 1.26 bits per heavy atom. The number of nitrogens with one attached hydrogen (secondary N) is 1. The molecule has 2 aromatic rings. The number of alkyl halides is 3. The summed E-state index contributed by atoms with van der Waals surface area (Å²) < 4.78 is 66.9. The lowest BCUT2D eigenvalue weighted by molar-refractivity contribution is -0.137. The first-order valence-corrected chi connectivity index (χ1v) is 8.19. The summed E-state index contributed by atoms with van der Waals surface area (Å²) in [6.07, 6.45) is -4.67. The van der Waals surface area contributed by atoms with Gasteiger partial charge in [-0.05, 0) is 32.0 Å². The van der Waals surface area contributed by atoms with Gasteiger partial charge in [-0.15, -0.1) is 0 Å². The summed E-state index contributed by atoms with van der Waals surface area (Å²) in [4.78, 5) is -0.642. The summed E-state index contributed by atoms with van der Waals surface area (Å²) in [5.41, 5.74) is 0.0359. The van der Waals surface area contributed by atoms with Crippen molar-refractivity contribution >= 4 is 27.3 Å². The first kappa shape index (κ1) is 17.6. The van der Waals surface area contributed by atoms with Crippen LogP contribution in [0, 0.1) is 13.8 Å². The van der Waals surface area contributed by atoms with Gasteiger partial charge in [0.25, 0.3) is 10.0 Å². The van der Waals surface area contributed by atoms with Crippen molar-refractivity contribution in [3.63, 3.8) is 0 Å². The Labute approximate surface area is 136 Å². The molecule has 126 valence electrons. The molecule has 0 aliphatic rings. The van der Waals surface area contributed by atoms with E-state index in [2.05, 4.69) is 9.82 Å². The van der Waals surface area contributed by atoms with Gasteiger partial charge < -0.3 is 0 Å². The molecular weight excluding hydrogens is 355 g/mol. The highest BCUT2D eigenvalue weighted by molar-refractivity contribution is 7.92. The molecule has 0 saturated heterocycles. The smallest absolute Gasteiger partial charge is 0.276 e. The zero-order valence-corrected chi connectivity index (χ0v) is 13.9. The molecule has 0 fully saturated rings. The number of rotatable bonds is 3. The minimum absolute atomic E-state index is 0.209. The van der Waals surface area contributed by atoms with Gasteiger partial charge in [0.15, 0.2) is 0 Å². The summed E-state index contributed by atoms with van der Waals surface area (Å²) in [5, 5.41) is 3.74. The van der Waals surface area contributed by atoms with Gasteiger partial charge in [-0.2, -0.15) is 18.3 Å².